The molecule has 0 amide bonds. The summed E-state index contributed by atoms with van der Waals surface area (Å²) in [6.45, 7) is 1.57. The van der Waals surface area contributed by atoms with Crippen molar-refractivity contribution in [2.75, 3.05) is 20.8 Å². The Balaban J connectivity index is 2.12. The molecule has 0 aliphatic rings. The third kappa shape index (κ3) is 4.61. The fraction of sp³-hybridized carbons (Fsp3) is 0.294. The Morgan fingerprint density at radius 3 is 2.81 bits per heavy atom. The summed E-state index contributed by atoms with van der Waals surface area (Å²) in [5.41, 5.74) is 1.99. The summed E-state index contributed by atoms with van der Waals surface area (Å²) in [7, 11) is 3.77. The molecular weight excluding hydrogens is 282 g/mol. The van der Waals surface area contributed by atoms with Crippen LogP contribution in [0.3, 0.4) is 0 Å². The number of rotatable bonds is 5. The Hall–Kier alpha value is -1.80. The second-order valence-corrected chi connectivity index (χ2v) is 5.77. The summed E-state index contributed by atoms with van der Waals surface area (Å²) in [4.78, 5) is 3.58. The maximum atomic E-state index is 8.78. The van der Waals surface area contributed by atoms with Crippen LogP contribution in [0.15, 0.2) is 35.7 Å². The first-order chi connectivity index (χ1) is 10.2. The number of methoxy groups -OCH3 is 1. The van der Waals surface area contributed by atoms with Gasteiger partial charge < -0.3 is 9.84 Å². The van der Waals surface area contributed by atoms with Crippen LogP contribution in [-0.4, -0.2) is 30.8 Å². The van der Waals surface area contributed by atoms with Gasteiger partial charge in [0, 0.05) is 29.1 Å². The Bertz CT molecular complexity index is 626. The van der Waals surface area contributed by atoms with Crippen LogP contribution >= 0.6 is 11.3 Å². The van der Waals surface area contributed by atoms with Crippen molar-refractivity contribution in [3.05, 3.63) is 51.7 Å². The number of nitrogens with zero attached hydrogens (tertiary/aromatic N) is 1. The molecule has 3 nitrogen and oxygen atoms in total. The van der Waals surface area contributed by atoms with Crippen molar-refractivity contribution in [3.8, 4) is 17.6 Å². The Labute approximate surface area is 129 Å². The van der Waals surface area contributed by atoms with Crippen molar-refractivity contribution < 1.29 is 9.84 Å². The van der Waals surface area contributed by atoms with Crippen molar-refractivity contribution in [1.82, 2.24) is 4.90 Å². The highest BCUT2D eigenvalue weighted by molar-refractivity contribution is 7.09. The first-order valence-electron chi connectivity index (χ1n) is 6.70. The van der Waals surface area contributed by atoms with Crippen molar-refractivity contribution >= 4 is 11.3 Å². The van der Waals surface area contributed by atoms with E-state index in [0.717, 1.165) is 30.0 Å². The van der Waals surface area contributed by atoms with Crippen LogP contribution in [-0.2, 0) is 13.1 Å². The molecule has 0 atom stereocenters. The number of hydrogen-bond donors (Lipinski definition) is 1. The highest BCUT2D eigenvalue weighted by Crippen LogP contribution is 2.22. The molecule has 0 fully saturated rings. The van der Waals surface area contributed by atoms with Crippen molar-refractivity contribution in [2.24, 2.45) is 0 Å². The number of benzene rings is 1. The summed E-state index contributed by atoms with van der Waals surface area (Å²) >= 11 is 1.76. The molecule has 1 heterocycles. The van der Waals surface area contributed by atoms with Gasteiger partial charge in [-0.3, -0.25) is 4.90 Å². The molecule has 2 rings (SSSR count). The monoisotopic (exact) mass is 301 g/mol. The van der Waals surface area contributed by atoms with Gasteiger partial charge in [0.1, 0.15) is 12.4 Å². The van der Waals surface area contributed by atoms with E-state index in [0.29, 0.717) is 0 Å². The van der Waals surface area contributed by atoms with Crippen LogP contribution in [0, 0.1) is 11.8 Å². The molecule has 0 aliphatic carbocycles. The van der Waals surface area contributed by atoms with Crippen LogP contribution < -0.4 is 4.74 Å². The number of ether oxygens (including phenoxy) is 1. The predicted molar refractivity (Wildman–Crippen MR) is 86.4 cm³/mol. The van der Waals surface area contributed by atoms with Gasteiger partial charge in [0.15, 0.2) is 0 Å². The van der Waals surface area contributed by atoms with Crippen LogP contribution in [0.25, 0.3) is 0 Å². The molecule has 0 unspecified atom stereocenters. The number of aliphatic hydroxyl groups is 1. The molecule has 0 saturated carbocycles. The third-order valence-corrected chi connectivity index (χ3v) is 3.90. The molecule has 0 aliphatic heterocycles. The van der Waals surface area contributed by atoms with Gasteiger partial charge in [0.05, 0.1) is 7.11 Å². The largest absolute Gasteiger partial charge is 0.496 e. The molecule has 1 N–H and O–H groups in total. The smallest absolute Gasteiger partial charge is 0.123 e. The van der Waals surface area contributed by atoms with Gasteiger partial charge in [0.2, 0.25) is 0 Å². The van der Waals surface area contributed by atoms with Gasteiger partial charge in [-0.25, -0.2) is 0 Å². The van der Waals surface area contributed by atoms with Crippen LogP contribution in [0.2, 0.25) is 0 Å². The first-order valence-corrected chi connectivity index (χ1v) is 7.58. The van der Waals surface area contributed by atoms with E-state index in [4.69, 9.17) is 9.84 Å². The Morgan fingerprint density at radius 1 is 1.29 bits per heavy atom. The number of thiophene rings is 1. The summed E-state index contributed by atoms with van der Waals surface area (Å²) in [6.07, 6.45) is 0. The topological polar surface area (TPSA) is 32.7 Å². The Morgan fingerprint density at radius 2 is 2.14 bits per heavy atom. The second-order valence-electron chi connectivity index (χ2n) is 4.74. The summed E-state index contributed by atoms with van der Waals surface area (Å²) in [5.74, 6) is 6.47. The highest BCUT2D eigenvalue weighted by atomic mass is 32.1. The predicted octanol–water partition coefficient (Wildman–Crippen LogP) is 2.73. The van der Waals surface area contributed by atoms with E-state index in [1.807, 2.05) is 18.2 Å². The maximum Gasteiger partial charge on any atom is 0.123 e. The van der Waals surface area contributed by atoms with E-state index in [1.54, 1.807) is 18.4 Å². The average Bonchev–Trinajstić information content (AvgIpc) is 2.98. The van der Waals surface area contributed by atoms with Gasteiger partial charge >= 0.3 is 0 Å². The summed E-state index contributed by atoms with van der Waals surface area (Å²) in [6, 6.07) is 10.1. The summed E-state index contributed by atoms with van der Waals surface area (Å²) in [5, 5.41) is 10.9. The molecule has 4 heteroatoms. The van der Waals surface area contributed by atoms with E-state index in [9.17, 15) is 0 Å². The molecule has 0 bridgehead atoms. The van der Waals surface area contributed by atoms with Gasteiger partial charge in [-0.15, -0.1) is 11.3 Å². The van der Waals surface area contributed by atoms with Gasteiger partial charge in [0.25, 0.3) is 0 Å². The first kappa shape index (κ1) is 15.6. The second kappa shape index (κ2) is 7.84. The van der Waals surface area contributed by atoms with Crippen molar-refractivity contribution in [2.45, 2.75) is 13.1 Å². The van der Waals surface area contributed by atoms with Crippen LogP contribution in [0.1, 0.15) is 16.0 Å². The number of aliphatic hydroxyl groups excluding tert-OH is 1. The van der Waals surface area contributed by atoms with Crippen molar-refractivity contribution in [3.63, 3.8) is 0 Å². The molecule has 110 valence electrons. The molecule has 0 saturated heterocycles. The van der Waals surface area contributed by atoms with Crippen molar-refractivity contribution in [1.29, 1.82) is 0 Å². The molecular formula is C17H19NO2S. The lowest BCUT2D eigenvalue weighted by molar-refractivity contribution is 0.312. The zero-order valence-corrected chi connectivity index (χ0v) is 13.1. The normalized spacial score (nSPS) is 10.3. The molecule has 1 aromatic heterocycles. The third-order valence-electron chi connectivity index (χ3n) is 3.04. The molecule has 2 aromatic rings. The van der Waals surface area contributed by atoms with Gasteiger partial charge in [-0.1, -0.05) is 17.9 Å². The molecule has 1 aromatic carbocycles. The lowest BCUT2D eigenvalue weighted by Gasteiger charge is -2.18. The van der Waals surface area contributed by atoms with E-state index in [-0.39, 0.29) is 6.61 Å². The summed E-state index contributed by atoms with van der Waals surface area (Å²) < 4.78 is 5.42. The Kier molecular flexibility index (Phi) is 5.82. The van der Waals surface area contributed by atoms with Gasteiger partial charge in [-0.2, -0.15) is 0 Å². The van der Waals surface area contributed by atoms with Crippen LogP contribution in [0.5, 0.6) is 5.75 Å². The fourth-order valence-corrected chi connectivity index (χ4v) is 2.92. The van der Waals surface area contributed by atoms with E-state index in [2.05, 4.69) is 41.3 Å². The van der Waals surface area contributed by atoms with Crippen LogP contribution in [0.4, 0.5) is 0 Å². The average molecular weight is 301 g/mol. The highest BCUT2D eigenvalue weighted by Gasteiger charge is 2.08. The molecule has 0 spiro atoms. The minimum absolute atomic E-state index is 0.125. The standard InChI is InChI=1S/C17H19NO2S/c1-18(13-16-6-4-10-21-16)12-15-11-14(5-3-9-19)7-8-17(15)20-2/h4,6-8,10-11,19H,9,12-13H2,1-2H3. The zero-order valence-electron chi connectivity index (χ0n) is 12.3. The lowest BCUT2D eigenvalue weighted by Crippen LogP contribution is -2.17. The molecule has 0 radical (unpaired) electrons. The number of hydrogen-bond acceptors (Lipinski definition) is 4. The maximum absolute atomic E-state index is 8.78. The quantitative estimate of drug-likeness (QED) is 0.862. The lowest BCUT2D eigenvalue weighted by atomic mass is 10.1. The van der Waals surface area contributed by atoms with E-state index >= 15 is 0 Å². The SMILES string of the molecule is COc1ccc(C#CCO)cc1CN(C)Cc1cccs1. The van der Waals surface area contributed by atoms with Gasteiger partial charge in [-0.05, 0) is 36.7 Å². The molecule has 21 heavy (non-hydrogen) atoms. The zero-order chi connectivity index (χ0) is 15.1. The van der Waals surface area contributed by atoms with E-state index in [1.165, 1.54) is 4.88 Å². The van der Waals surface area contributed by atoms with E-state index < -0.39 is 0 Å². The minimum atomic E-state index is -0.125. The minimum Gasteiger partial charge on any atom is -0.496 e. The fourth-order valence-electron chi connectivity index (χ4n) is 2.14.